The molecule has 0 unspecified atom stereocenters. The summed E-state index contributed by atoms with van der Waals surface area (Å²) in [6, 6.07) is 20.0. The van der Waals surface area contributed by atoms with E-state index in [1.165, 1.54) is 0 Å². The van der Waals surface area contributed by atoms with Gasteiger partial charge in [0, 0.05) is 18.3 Å². The van der Waals surface area contributed by atoms with Crippen LogP contribution in [0.15, 0.2) is 66.9 Å². The average molecular weight is 393 g/mol. The van der Waals surface area contributed by atoms with Gasteiger partial charge in [-0.2, -0.15) is 0 Å². The molecule has 3 aromatic rings. The maximum atomic E-state index is 12.6. The molecule has 1 aromatic heterocycles. The Morgan fingerprint density at radius 1 is 1.10 bits per heavy atom. The third kappa shape index (κ3) is 5.23. The third-order valence-corrected chi connectivity index (χ3v) is 4.81. The molecule has 1 amide bonds. The minimum absolute atomic E-state index is 0.0892. The molecule has 29 heavy (non-hydrogen) atoms. The van der Waals surface area contributed by atoms with Crippen LogP contribution >= 0.6 is 0 Å². The van der Waals surface area contributed by atoms with Crippen molar-refractivity contribution < 1.29 is 9.53 Å². The van der Waals surface area contributed by atoms with Gasteiger partial charge in [-0.15, -0.1) is 5.10 Å². The van der Waals surface area contributed by atoms with Crippen molar-refractivity contribution in [2.24, 2.45) is 0 Å². The van der Waals surface area contributed by atoms with Crippen LogP contribution in [0, 0.1) is 6.92 Å². The largest absolute Gasteiger partial charge is 0.463 e. The number of ether oxygens (including phenoxy) is 1. The molecule has 0 fully saturated rings. The van der Waals surface area contributed by atoms with Crippen molar-refractivity contribution in [3.05, 3.63) is 78.0 Å². The monoisotopic (exact) mass is 392 g/mol. The zero-order valence-electron chi connectivity index (χ0n) is 17.4. The van der Waals surface area contributed by atoms with Gasteiger partial charge in [-0.1, -0.05) is 48.5 Å². The summed E-state index contributed by atoms with van der Waals surface area (Å²) in [7, 11) is 4.01. The minimum atomic E-state index is -0.647. The van der Waals surface area contributed by atoms with E-state index in [1.807, 2.05) is 75.7 Å². The van der Waals surface area contributed by atoms with Gasteiger partial charge in [0.05, 0.1) is 11.7 Å². The number of rotatable bonds is 8. The first-order valence-corrected chi connectivity index (χ1v) is 9.73. The maximum Gasteiger partial charge on any atom is 0.260 e. The SMILES string of the molecule is Cc1cn(-c2ccccc2)nc1O[C@H](C)C(=O)NC[C@H](c1ccccc1)N(C)C. The van der Waals surface area contributed by atoms with E-state index >= 15 is 0 Å². The fourth-order valence-corrected chi connectivity index (χ4v) is 3.11. The van der Waals surface area contributed by atoms with Crippen molar-refractivity contribution in [1.29, 1.82) is 0 Å². The summed E-state index contributed by atoms with van der Waals surface area (Å²) in [4.78, 5) is 14.7. The molecule has 0 spiro atoms. The highest BCUT2D eigenvalue weighted by Crippen LogP contribution is 2.20. The fraction of sp³-hybridized carbons (Fsp3) is 0.304. The van der Waals surface area contributed by atoms with E-state index in [0.29, 0.717) is 12.4 Å². The second-order valence-electron chi connectivity index (χ2n) is 7.29. The van der Waals surface area contributed by atoms with Crippen LogP contribution in [0.2, 0.25) is 0 Å². The molecule has 6 nitrogen and oxygen atoms in total. The van der Waals surface area contributed by atoms with Gasteiger partial charge in [0.2, 0.25) is 5.88 Å². The molecule has 152 valence electrons. The van der Waals surface area contributed by atoms with E-state index in [-0.39, 0.29) is 11.9 Å². The highest BCUT2D eigenvalue weighted by atomic mass is 16.5. The van der Waals surface area contributed by atoms with E-state index in [1.54, 1.807) is 11.6 Å². The highest BCUT2D eigenvalue weighted by Gasteiger charge is 2.20. The van der Waals surface area contributed by atoms with E-state index in [4.69, 9.17) is 4.74 Å². The van der Waals surface area contributed by atoms with Crippen LogP contribution in [0.3, 0.4) is 0 Å². The number of carbonyl (C=O) groups excluding carboxylic acids is 1. The first-order valence-electron chi connectivity index (χ1n) is 9.73. The summed E-state index contributed by atoms with van der Waals surface area (Å²) < 4.78 is 7.61. The number of aromatic nitrogens is 2. The Bertz CT molecular complexity index is 923. The normalized spacial score (nSPS) is 13.1. The van der Waals surface area contributed by atoms with Crippen molar-refractivity contribution in [2.75, 3.05) is 20.6 Å². The summed E-state index contributed by atoms with van der Waals surface area (Å²) in [6.45, 7) is 4.16. The topological polar surface area (TPSA) is 59.4 Å². The van der Waals surface area contributed by atoms with Crippen LogP contribution in [0.4, 0.5) is 0 Å². The second kappa shape index (κ2) is 9.39. The van der Waals surface area contributed by atoms with Gasteiger partial charge in [0.1, 0.15) is 0 Å². The predicted molar refractivity (Wildman–Crippen MR) is 114 cm³/mol. The number of amides is 1. The van der Waals surface area contributed by atoms with Gasteiger partial charge in [-0.05, 0) is 45.6 Å². The molecule has 6 heteroatoms. The lowest BCUT2D eigenvalue weighted by Gasteiger charge is -2.25. The van der Waals surface area contributed by atoms with Crippen LogP contribution in [0.5, 0.6) is 5.88 Å². The molecule has 0 bridgehead atoms. The Kier molecular flexibility index (Phi) is 6.67. The maximum absolute atomic E-state index is 12.6. The van der Waals surface area contributed by atoms with Crippen LogP contribution in [0.1, 0.15) is 24.1 Å². The number of hydrogen-bond donors (Lipinski definition) is 1. The van der Waals surface area contributed by atoms with Crippen molar-refractivity contribution in [3.63, 3.8) is 0 Å². The van der Waals surface area contributed by atoms with Crippen molar-refractivity contribution in [1.82, 2.24) is 20.0 Å². The lowest BCUT2D eigenvalue weighted by atomic mass is 10.1. The van der Waals surface area contributed by atoms with Gasteiger partial charge >= 0.3 is 0 Å². The van der Waals surface area contributed by atoms with Gasteiger partial charge in [0.15, 0.2) is 6.10 Å². The zero-order chi connectivity index (χ0) is 20.8. The average Bonchev–Trinajstić information content (AvgIpc) is 3.09. The van der Waals surface area contributed by atoms with Gasteiger partial charge in [-0.25, -0.2) is 4.68 Å². The molecule has 1 N–H and O–H groups in total. The summed E-state index contributed by atoms with van der Waals surface area (Å²) in [5, 5.41) is 7.48. The number of nitrogens with one attached hydrogen (secondary N) is 1. The molecular weight excluding hydrogens is 364 g/mol. The Morgan fingerprint density at radius 3 is 2.34 bits per heavy atom. The van der Waals surface area contributed by atoms with Crippen LogP contribution in [-0.2, 0) is 4.79 Å². The molecule has 0 radical (unpaired) electrons. The van der Waals surface area contributed by atoms with E-state index in [0.717, 1.165) is 16.8 Å². The second-order valence-corrected chi connectivity index (χ2v) is 7.29. The summed E-state index contributed by atoms with van der Waals surface area (Å²) in [5.41, 5.74) is 2.98. The molecule has 0 saturated carbocycles. The number of benzene rings is 2. The van der Waals surface area contributed by atoms with Gasteiger partial charge in [-0.3, -0.25) is 4.79 Å². The smallest absolute Gasteiger partial charge is 0.260 e. The number of aryl methyl sites for hydroxylation is 1. The first-order chi connectivity index (χ1) is 14.0. The van der Waals surface area contributed by atoms with Crippen molar-refractivity contribution >= 4 is 5.91 Å². The fourth-order valence-electron chi connectivity index (χ4n) is 3.11. The van der Waals surface area contributed by atoms with Crippen LogP contribution in [-0.4, -0.2) is 47.3 Å². The number of para-hydroxylation sites is 1. The van der Waals surface area contributed by atoms with Crippen molar-refractivity contribution in [2.45, 2.75) is 26.0 Å². The molecule has 0 aliphatic heterocycles. The minimum Gasteiger partial charge on any atom is -0.463 e. The van der Waals surface area contributed by atoms with E-state index in [2.05, 4.69) is 27.4 Å². The van der Waals surface area contributed by atoms with Crippen LogP contribution in [0.25, 0.3) is 5.69 Å². The zero-order valence-corrected chi connectivity index (χ0v) is 17.4. The lowest BCUT2D eigenvalue weighted by Crippen LogP contribution is -2.41. The Balaban J connectivity index is 1.61. The molecule has 2 aromatic carbocycles. The Hall–Kier alpha value is -3.12. The molecule has 0 aliphatic carbocycles. The molecular formula is C23H28N4O2. The van der Waals surface area contributed by atoms with Crippen molar-refractivity contribution in [3.8, 4) is 11.6 Å². The Morgan fingerprint density at radius 2 is 1.72 bits per heavy atom. The number of hydrogen-bond acceptors (Lipinski definition) is 4. The third-order valence-electron chi connectivity index (χ3n) is 4.81. The summed E-state index contributed by atoms with van der Waals surface area (Å²) in [6.07, 6.45) is 1.25. The van der Waals surface area contributed by atoms with E-state index < -0.39 is 6.10 Å². The molecule has 0 aliphatic rings. The molecule has 1 heterocycles. The molecule has 0 saturated heterocycles. The number of nitrogens with zero attached hydrogens (tertiary/aromatic N) is 3. The standard InChI is InChI=1S/C23H28N4O2/c1-17-16-27(20-13-9-6-10-14-20)25-23(17)29-18(2)22(28)24-15-21(26(3)4)19-11-7-5-8-12-19/h5-14,16,18,21H,15H2,1-4H3,(H,24,28)/t18-,21-/m1/s1. The highest BCUT2D eigenvalue weighted by molar-refractivity contribution is 5.80. The predicted octanol–water partition coefficient (Wildman–Crippen LogP) is 3.37. The van der Waals surface area contributed by atoms with Gasteiger partial charge < -0.3 is 15.0 Å². The summed E-state index contributed by atoms with van der Waals surface area (Å²) >= 11 is 0. The van der Waals surface area contributed by atoms with Gasteiger partial charge in [0.25, 0.3) is 5.91 Å². The first kappa shape index (κ1) is 20.6. The van der Waals surface area contributed by atoms with Crippen LogP contribution < -0.4 is 10.1 Å². The van der Waals surface area contributed by atoms with E-state index in [9.17, 15) is 4.79 Å². The number of likely N-dealkylation sites (N-methyl/N-ethyl adjacent to an activating group) is 1. The molecule has 3 rings (SSSR count). The quantitative estimate of drug-likeness (QED) is 0.639. The lowest BCUT2D eigenvalue weighted by molar-refractivity contribution is -0.127. The number of carbonyl (C=O) groups is 1. The summed E-state index contributed by atoms with van der Waals surface area (Å²) in [5.74, 6) is 0.296. The Labute approximate surface area is 172 Å². The molecule has 2 atom stereocenters.